The van der Waals surface area contributed by atoms with Crippen LogP contribution in [0.4, 0.5) is 17.1 Å². The van der Waals surface area contributed by atoms with Gasteiger partial charge >= 0.3 is 0 Å². The fourth-order valence-corrected chi connectivity index (χ4v) is 14.1. The summed E-state index contributed by atoms with van der Waals surface area (Å²) in [7, 11) is 0. The number of nitrogens with zero attached hydrogens (tertiary/aromatic N) is 2. The highest BCUT2D eigenvalue weighted by atomic mass is 15.1. The molecule has 436 valence electrons. The summed E-state index contributed by atoms with van der Waals surface area (Å²) in [6.07, 6.45) is 27.4. The predicted molar refractivity (Wildman–Crippen MR) is 370 cm³/mol. The van der Waals surface area contributed by atoms with Crippen molar-refractivity contribution in [2.24, 2.45) is 0 Å². The lowest BCUT2D eigenvalue weighted by molar-refractivity contribution is 0.556. The lowest BCUT2D eigenvalue weighted by Gasteiger charge is -2.28. The Morgan fingerprint density at radius 3 is 1.54 bits per heavy atom. The highest BCUT2D eigenvalue weighted by molar-refractivity contribution is 6.10. The van der Waals surface area contributed by atoms with Gasteiger partial charge in [0.2, 0.25) is 0 Å². The Balaban J connectivity index is 0.885. The number of anilines is 3. The van der Waals surface area contributed by atoms with Crippen molar-refractivity contribution in [2.75, 3.05) is 4.90 Å². The molecule has 11 rings (SSSR count). The Labute approximate surface area is 511 Å². The second-order valence-electron chi connectivity index (χ2n) is 25.7. The van der Waals surface area contributed by atoms with E-state index in [-0.39, 0.29) is 5.41 Å². The number of rotatable bonds is 28. The van der Waals surface area contributed by atoms with Crippen LogP contribution in [0.15, 0.2) is 188 Å². The second-order valence-corrected chi connectivity index (χ2v) is 25.7. The number of aryl methyl sites for hydroxylation is 5. The Morgan fingerprint density at radius 2 is 0.871 bits per heavy atom. The first-order chi connectivity index (χ1) is 41.6. The highest BCUT2D eigenvalue weighted by Crippen LogP contribution is 2.51. The maximum Gasteiger partial charge on any atom is 0.0541 e. The van der Waals surface area contributed by atoms with E-state index < -0.39 is 0 Å². The molecule has 1 aliphatic carbocycles. The van der Waals surface area contributed by atoms with Gasteiger partial charge in [-0.05, 0) is 203 Å². The summed E-state index contributed by atoms with van der Waals surface area (Å²) in [4.78, 5) is 2.45. The van der Waals surface area contributed by atoms with Crippen molar-refractivity contribution >= 4 is 38.9 Å². The second kappa shape index (κ2) is 27.7. The number of benzene rings is 9. The largest absolute Gasteiger partial charge is 0.310 e. The van der Waals surface area contributed by atoms with Crippen LogP contribution in [-0.2, 0) is 24.7 Å². The monoisotopic (exact) mass is 1120 g/mol. The molecule has 1 heterocycles. The molecule has 1 aliphatic rings. The molecule has 0 aliphatic heterocycles. The van der Waals surface area contributed by atoms with Crippen LogP contribution in [0.5, 0.6) is 0 Å². The maximum atomic E-state index is 2.57. The zero-order chi connectivity index (χ0) is 58.7. The van der Waals surface area contributed by atoms with Crippen molar-refractivity contribution in [1.29, 1.82) is 0 Å². The number of hydrogen-bond acceptors (Lipinski definition) is 1. The van der Waals surface area contributed by atoms with Crippen molar-refractivity contribution in [3.63, 3.8) is 0 Å². The topological polar surface area (TPSA) is 8.17 Å². The van der Waals surface area contributed by atoms with Crippen molar-refractivity contribution in [2.45, 2.75) is 189 Å². The number of fused-ring (bicyclic) bond motifs is 6. The Bertz CT molecular complexity index is 3830. The summed E-state index contributed by atoms with van der Waals surface area (Å²) in [5, 5.41) is 2.55. The quantitative estimate of drug-likeness (QED) is 0.0444. The molecule has 0 amide bonds. The van der Waals surface area contributed by atoms with E-state index in [0.717, 1.165) is 30.6 Å². The summed E-state index contributed by atoms with van der Waals surface area (Å²) in [6, 6.07) is 72.6. The third kappa shape index (κ3) is 13.4. The van der Waals surface area contributed by atoms with E-state index in [2.05, 4.69) is 246 Å². The number of hydrogen-bond donors (Lipinski definition) is 0. The first-order valence-electron chi connectivity index (χ1n) is 33.3. The van der Waals surface area contributed by atoms with Gasteiger partial charge in [-0.2, -0.15) is 0 Å². The van der Waals surface area contributed by atoms with E-state index >= 15 is 0 Å². The van der Waals surface area contributed by atoms with Crippen LogP contribution in [0.25, 0.3) is 72.0 Å². The predicted octanol–water partition coefficient (Wildman–Crippen LogP) is 24.9. The molecule has 0 radical (unpaired) electrons. The summed E-state index contributed by atoms with van der Waals surface area (Å²) in [5.74, 6) is 0. The molecule has 2 heteroatoms. The molecule has 0 saturated carbocycles. The summed E-state index contributed by atoms with van der Waals surface area (Å²) < 4.78 is 2.52. The Kier molecular flexibility index (Phi) is 19.4. The van der Waals surface area contributed by atoms with Crippen LogP contribution in [0.1, 0.15) is 189 Å². The number of unbranched alkanes of at least 4 members (excludes halogenated alkanes) is 15. The van der Waals surface area contributed by atoms with Crippen LogP contribution in [0, 0.1) is 13.8 Å². The smallest absolute Gasteiger partial charge is 0.0541 e. The fraction of sp³-hybridized carbons (Fsp3) is 0.349. The van der Waals surface area contributed by atoms with Crippen LogP contribution in [-0.4, -0.2) is 4.57 Å². The van der Waals surface area contributed by atoms with Crippen molar-refractivity contribution in [3.05, 3.63) is 227 Å². The zero-order valence-corrected chi connectivity index (χ0v) is 52.6. The van der Waals surface area contributed by atoms with Crippen molar-refractivity contribution < 1.29 is 0 Å². The minimum atomic E-state index is -0.111. The summed E-state index contributed by atoms with van der Waals surface area (Å²) in [6.45, 7) is 16.3. The molecule has 0 spiro atoms. The molecule has 0 fully saturated rings. The first kappa shape index (κ1) is 59.3. The van der Waals surface area contributed by atoms with E-state index in [4.69, 9.17) is 0 Å². The Morgan fingerprint density at radius 1 is 0.353 bits per heavy atom. The van der Waals surface area contributed by atoms with Gasteiger partial charge in [0.1, 0.15) is 0 Å². The molecule has 0 bridgehead atoms. The van der Waals surface area contributed by atoms with Crippen LogP contribution in [0.3, 0.4) is 0 Å². The molecular formula is C83H94N2. The molecule has 0 saturated heterocycles. The molecular weight excluding hydrogens is 1020 g/mol. The lowest BCUT2D eigenvalue weighted by atomic mass is 9.82. The Hall–Kier alpha value is -7.42. The van der Waals surface area contributed by atoms with Crippen LogP contribution in [0.2, 0.25) is 0 Å². The van der Waals surface area contributed by atoms with E-state index in [0.29, 0.717) is 0 Å². The van der Waals surface area contributed by atoms with Gasteiger partial charge in [-0.1, -0.05) is 252 Å². The van der Waals surface area contributed by atoms with Gasteiger partial charge in [0, 0.05) is 38.9 Å². The highest BCUT2D eigenvalue weighted by Gasteiger charge is 2.36. The third-order valence-electron chi connectivity index (χ3n) is 19.0. The summed E-state index contributed by atoms with van der Waals surface area (Å²) in [5.41, 5.74) is 27.3. The van der Waals surface area contributed by atoms with Gasteiger partial charge < -0.3 is 9.47 Å². The minimum Gasteiger partial charge on any atom is -0.310 e. The summed E-state index contributed by atoms with van der Waals surface area (Å²) >= 11 is 0. The maximum absolute atomic E-state index is 2.57. The molecule has 2 nitrogen and oxygen atoms in total. The number of aromatic nitrogens is 1. The van der Waals surface area contributed by atoms with Crippen molar-refractivity contribution in [3.8, 4) is 50.2 Å². The van der Waals surface area contributed by atoms with Crippen LogP contribution < -0.4 is 4.90 Å². The van der Waals surface area contributed by atoms with Gasteiger partial charge in [0.15, 0.2) is 0 Å². The van der Waals surface area contributed by atoms with Gasteiger partial charge in [-0.15, -0.1) is 0 Å². The third-order valence-corrected chi connectivity index (χ3v) is 19.0. The zero-order valence-electron chi connectivity index (χ0n) is 52.6. The molecule has 0 atom stereocenters. The standard InChI is InChI=1S/C83H94N2/c1-8-11-14-17-18-19-20-21-22-23-30-62-37-39-63(40-38-62)64-41-46-70(47-42-64)84(72-50-51-75-74-33-26-28-35-79(74)83(6,7)80(75)59-72)71-48-43-65(44-49-71)67-45-52-82-78(58-67)76-34-27-29-36-81(76)85(82)73-54-60(4)53-69(56-73)77-57-66(31-24-15-12-9-2)61(5)55-68(77)32-25-16-13-10-3/h26-29,33-59H,8-25,30-32H2,1-7H3. The van der Waals surface area contributed by atoms with E-state index in [9.17, 15) is 0 Å². The minimum absolute atomic E-state index is 0.111. The molecule has 9 aromatic carbocycles. The van der Waals surface area contributed by atoms with E-state index in [1.807, 2.05) is 0 Å². The van der Waals surface area contributed by atoms with Crippen LogP contribution >= 0.6 is 0 Å². The molecule has 85 heavy (non-hydrogen) atoms. The number of para-hydroxylation sites is 1. The molecule has 0 unspecified atom stereocenters. The average molecular weight is 1120 g/mol. The fourth-order valence-electron chi connectivity index (χ4n) is 14.1. The molecule has 1 aromatic heterocycles. The van der Waals surface area contributed by atoms with Gasteiger partial charge in [0.05, 0.1) is 11.0 Å². The van der Waals surface area contributed by atoms with Crippen molar-refractivity contribution in [1.82, 2.24) is 4.57 Å². The molecule has 10 aromatic rings. The average Bonchev–Trinajstić information content (AvgIpc) is 2.78. The van der Waals surface area contributed by atoms with Gasteiger partial charge in [-0.25, -0.2) is 0 Å². The van der Waals surface area contributed by atoms with Gasteiger partial charge in [0.25, 0.3) is 0 Å². The van der Waals surface area contributed by atoms with E-state index in [1.54, 1.807) is 0 Å². The van der Waals surface area contributed by atoms with E-state index in [1.165, 1.54) is 232 Å². The first-order valence-corrected chi connectivity index (χ1v) is 33.3. The normalized spacial score (nSPS) is 12.6. The molecule has 0 N–H and O–H groups in total. The SMILES string of the molecule is CCCCCCCCCCCCc1ccc(-c2ccc(N(c3ccc(-c4ccc5c(c4)c4ccccc4n5-c4cc(C)cc(-c5cc(CCCCCC)c(C)cc5CCCCCC)c4)cc3)c3ccc4c(c3)C(C)(C)c3ccccc3-4)cc2)cc1. The van der Waals surface area contributed by atoms with Gasteiger partial charge in [-0.3, -0.25) is 0 Å². The lowest BCUT2D eigenvalue weighted by Crippen LogP contribution is -2.16.